The number of anilines is 2. The predicted octanol–water partition coefficient (Wildman–Crippen LogP) is 3.60. The molecule has 1 aliphatic rings. The van der Waals surface area contributed by atoms with Gasteiger partial charge in [0.1, 0.15) is 5.25 Å². The summed E-state index contributed by atoms with van der Waals surface area (Å²) in [5.41, 5.74) is 2.70. The maximum Gasteiger partial charge on any atom is 0.335 e. The minimum absolute atomic E-state index is 0.0420. The average Bonchev–Trinajstić information content (AvgIpc) is 2.89. The van der Waals surface area contributed by atoms with E-state index in [1.807, 2.05) is 26.0 Å². The van der Waals surface area contributed by atoms with Crippen molar-refractivity contribution in [1.29, 1.82) is 0 Å². The molecule has 28 heavy (non-hydrogen) atoms. The lowest BCUT2D eigenvalue weighted by Crippen LogP contribution is -2.33. The van der Waals surface area contributed by atoms with Gasteiger partial charge in [-0.2, -0.15) is 0 Å². The first kappa shape index (κ1) is 19.6. The number of hydrogen-bond acceptors (Lipinski definition) is 5. The van der Waals surface area contributed by atoms with Crippen LogP contribution in [0.2, 0.25) is 0 Å². The molecule has 2 aromatic rings. The molecule has 0 bridgehead atoms. The van der Waals surface area contributed by atoms with Crippen LogP contribution in [0.3, 0.4) is 0 Å². The summed E-state index contributed by atoms with van der Waals surface area (Å²) in [5.74, 6) is -2.01. The quantitative estimate of drug-likeness (QED) is 0.798. The first-order valence-corrected chi connectivity index (χ1v) is 9.39. The SMILES string of the molecule is Cc1ccc(N2C(=O)SC(CC(=O)Nc3cccc(C(=O)O)c3)C2=O)c(C)c1. The van der Waals surface area contributed by atoms with Crippen LogP contribution in [0, 0.1) is 13.8 Å². The van der Waals surface area contributed by atoms with Gasteiger partial charge in [0.15, 0.2) is 0 Å². The van der Waals surface area contributed by atoms with Gasteiger partial charge in [0.05, 0.1) is 11.3 Å². The first-order valence-electron chi connectivity index (χ1n) is 8.51. The lowest BCUT2D eigenvalue weighted by molar-refractivity contribution is -0.121. The minimum atomic E-state index is -1.10. The maximum absolute atomic E-state index is 12.7. The number of aromatic carboxylic acids is 1. The number of amides is 3. The third kappa shape index (κ3) is 4.07. The van der Waals surface area contributed by atoms with Gasteiger partial charge in [0.25, 0.3) is 5.24 Å². The highest BCUT2D eigenvalue weighted by Crippen LogP contribution is 2.35. The van der Waals surface area contributed by atoms with Crippen LogP contribution in [0.4, 0.5) is 16.2 Å². The molecule has 3 amide bonds. The summed E-state index contributed by atoms with van der Waals surface area (Å²) in [7, 11) is 0. The summed E-state index contributed by atoms with van der Waals surface area (Å²) < 4.78 is 0. The normalized spacial score (nSPS) is 16.4. The Morgan fingerprint density at radius 3 is 2.57 bits per heavy atom. The molecule has 7 nitrogen and oxygen atoms in total. The zero-order valence-corrected chi connectivity index (χ0v) is 16.1. The second-order valence-electron chi connectivity index (χ2n) is 6.47. The molecular weight excluding hydrogens is 380 g/mol. The van der Waals surface area contributed by atoms with Gasteiger partial charge in [-0.25, -0.2) is 9.69 Å². The van der Waals surface area contributed by atoms with Crippen LogP contribution in [0.25, 0.3) is 0 Å². The van der Waals surface area contributed by atoms with E-state index in [0.717, 1.165) is 27.8 Å². The second-order valence-corrected chi connectivity index (χ2v) is 7.63. The zero-order chi connectivity index (χ0) is 20.4. The lowest BCUT2D eigenvalue weighted by Gasteiger charge is -2.17. The highest BCUT2D eigenvalue weighted by Gasteiger charge is 2.42. The van der Waals surface area contributed by atoms with Gasteiger partial charge in [-0.3, -0.25) is 14.4 Å². The number of carbonyl (C=O) groups excluding carboxylic acids is 3. The Kier molecular flexibility index (Phi) is 5.51. The van der Waals surface area contributed by atoms with Gasteiger partial charge < -0.3 is 10.4 Å². The monoisotopic (exact) mass is 398 g/mol. The third-order valence-electron chi connectivity index (χ3n) is 4.28. The molecule has 3 rings (SSSR count). The van der Waals surface area contributed by atoms with Crippen molar-refractivity contribution in [2.45, 2.75) is 25.5 Å². The van der Waals surface area contributed by atoms with Gasteiger partial charge >= 0.3 is 5.97 Å². The van der Waals surface area contributed by atoms with E-state index in [-0.39, 0.29) is 12.0 Å². The lowest BCUT2D eigenvalue weighted by atomic mass is 10.1. The van der Waals surface area contributed by atoms with Crippen LogP contribution in [0.5, 0.6) is 0 Å². The summed E-state index contributed by atoms with van der Waals surface area (Å²) in [6.07, 6.45) is -0.187. The van der Waals surface area contributed by atoms with Crippen LogP contribution >= 0.6 is 11.8 Å². The maximum atomic E-state index is 12.7. The van der Waals surface area contributed by atoms with Gasteiger partial charge in [-0.1, -0.05) is 23.8 Å². The second kappa shape index (κ2) is 7.85. The molecular formula is C20H18N2O5S. The molecule has 0 spiro atoms. The number of aryl methyl sites for hydroxylation is 2. The highest BCUT2D eigenvalue weighted by molar-refractivity contribution is 8.15. The van der Waals surface area contributed by atoms with Crippen molar-refractivity contribution in [2.75, 3.05) is 10.2 Å². The van der Waals surface area contributed by atoms with E-state index in [0.29, 0.717) is 11.4 Å². The summed E-state index contributed by atoms with van der Waals surface area (Å²) in [6, 6.07) is 11.2. The Bertz CT molecular complexity index is 988. The largest absolute Gasteiger partial charge is 0.478 e. The van der Waals surface area contributed by atoms with E-state index in [4.69, 9.17) is 5.11 Å². The number of imide groups is 1. The van der Waals surface area contributed by atoms with Gasteiger partial charge in [-0.05, 0) is 55.4 Å². The third-order valence-corrected chi connectivity index (χ3v) is 5.32. The van der Waals surface area contributed by atoms with Gasteiger partial charge in [0.2, 0.25) is 11.8 Å². The molecule has 144 valence electrons. The molecule has 1 aliphatic heterocycles. The fourth-order valence-electron chi connectivity index (χ4n) is 2.97. The van der Waals surface area contributed by atoms with Gasteiger partial charge in [-0.15, -0.1) is 0 Å². The molecule has 1 heterocycles. The van der Waals surface area contributed by atoms with Crippen LogP contribution < -0.4 is 10.2 Å². The summed E-state index contributed by atoms with van der Waals surface area (Å²) in [5, 5.41) is 10.3. The van der Waals surface area contributed by atoms with Crippen LogP contribution in [-0.2, 0) is 9.59 Å². The Morgan fingerprint density at radius 1 is 1.14 bits per heavy atom. The molecule has 0 aromatic heterocycles. The number of nitrogens with zero attached hydrogens (tertiary/aromatic N) is 1. The number of nitrogens with one attached hydrogen (secondary N) is 1. The molecule has 0 aliphatic carbocycles. The van der Waals surface area contributed by atoms with Crippen molar-refractivity contribution >= 4 is 46.2 Å². The van der Waals surface area contributed by atoms with E-state index in [1.54, 1.807) is 12.1 Å². The number of benzene rings is 2. The Morgan fingerprint density at radius 2 is 1.89 bits per heavy atom. The van der Waals surface area contributed by atoms with Crippen molar-refractivity contribution in [2.24, 2.45) is 0 Å². The summed E-state index contributed by atoms with van der Waals surface area (Å²) in [4.78, 5) is 49.5. The fourth-order valence-corrected chi connectivity index (χ4v) is 3.95. The molecule has 1 saturated heterocycles. The van der Waals surface area contributed by atoms with Crippen molar-refractivity contribution in [3.05, 3.63) is 59.2 Å². The number of rotatable bonds is 5. The molecule has 2 aromatic carbocycles. The number of carboxylic acids is 1. The fraction of sp³-hybridized carbons (Fsp3) is 0.200. The van der Waals surface area contributed by atoms with Gasteiger partial charge in [0, 0.05) is 12.1 Å². The summed E-state index contributed by atoms with van der Waals surface area (Å²) in [6.45, 7) is 3.74. The van der Waals surface area contributed by atoms with E-state index < -0.39 is 28.3 Å². The zero-order valence-electron chi connectivity index (χ0n) is 15.3. The number of thioether (sulfide) groups is 1. The van der Waals surface area contributed by atoms with Crippen LogP contribution in [0.15, 0.2) is 42.5 Å². The Labute approximate surface area is 165 Å². The van der Waals surface area contributed by atoms with Crippen LogP contribution in [-0.4, -0.2) is 33.4 Å². The highest BCUT2D eigenvalue weighted by atomic mass is 32.2. The smallest absolute Gasteiger partial charge is 0.335 e. The minimum Gasteiger partial charge on any atom is -0.478 e. The molecule has 1 fully saturated rings. The number of carboxylic acid groups (broad SMARTS) is 1. The predicted molar refractivity (Wildman–Crippen MR) is 107 cm³/mol. The van der Waals surface area contributed by atoms with Crippen molar-refractivity contribution < 1.29 is 24.3 Å². The van der Waals surface area contributed by atoms with E-state index >= 15 is 0 Å². The molecule has 2 N–H and O–H groups in total. The van der Waals surface area contributed by atoms with Crippen molar-refractivity contribution in [3.8, 4) is 0 Å². The Balaban J connectivity index is 1.70. The molecule has 0 radical (unpaired) electrons. The molecule has 0 saturated carbocycles. The Hall–Kier alpha value is -3.13. The molecule has 1 atom stereocenters. The van der Waals surface area contributed by atoms with Crippen LogP contribution in [0.1, 0.15) is 27.9 Å². The molecule has 1 unspecified atom stereocenters. The van der Waals surface area contributed by atoms with E-state index in [9.17, 15) is 19.2 Å². The number of hydrogen-bond donors (Lipinski definition) is 2. The topological polar surface area (TPSA) is 104 Å². The van der Waals surface area contributed by atoms with E-state index in [1.165, 1.54) is 18.2 Å². The van der Waals surface area contributed by atoms with E-state index in [2.05, 4.69) is 5.32 Å². The summed E-state index contributed by atoms with van der Waals surface area (Å²) >= 11 is 0.819. The van der Waals surface area contributed by atoms with Crippen molar-refractivity contribution in [3.63, 3.8) is 0 Å². The number of carbonyl (C=O) groups is 4. The average molecular weight is 398 g/mol. The molecule has 8 heteroatoms. The van der Waals surface area contributed by atoms with Crippen molar-refractivity contribution in [1.82, 2.24) is 0 Å². The first-order chi connectivity index (χ1) is 13.3. The standard InChI is InChI=1S/C20H18N2O5S/c1-11-6-7-15(12(2)8-11)22-18(24)16(28-20(22)27)10-17(23)21-14-5-3-4-13(9-14)19(25)26/h3-9,16H,10H2,1-2H3,(H,21,23)(H,25,26).